The molecule has 1 rings (SSSR count). The van der Waals surface area contributed by atoms with Crippen LogP contribution in [0.4, 0.5) is 0 Å². The van der Waals surface area contributed by atoms with Crippen molar-refractivity contribution in [2.75, 3.05) is 6.54 Å². The zero-order valence-electron chi connectivity index (χ0n) is 10.3. The summed E-state index contributed by atoms with van der Waals surface area (Å²) in [6.07, 6.45) is 10.9. The van der Waals surface area contributed by atoms with Crippen molar-refractivity contribution >= 4 is 5.90 Å². The molecular weight excluding hydrogens is 186 g/mol. The molecule has 1 aliphatic rings. The summed E-state index contributed by atoms with van der Waals surface area (Å²) in [4.78, 5) is 4.36. The van der Waals surface area contributed by atoms with Gasteiger partial charge in [-0.2, -0.15) is 0 Å². The molecule has 0 N–H and O–H groups in total. The van der Waals surface area contributed by atoms with Crippen LogP contribution in [0.3, 0.4) is 0 Å². The Balaban J connectivity index is 1.85. The Morgan fingerprint density at radius 2 is 1.80 bits per heavy atom. The molecule has 2 nitrogen and oxygen atoms in total. The Hall–Kier alpha value is -0.530. The quantitative estimate of drug-likeness (QED) is 0.557. The second-order valence-corrected chi connectivity index (χ2v) is 4.53. The van der Waals surface area contributed by atoms with Gasteiger partial charge in [0.15, 0.2) is 5.90 Å². The van der Waals surface area contributed by atoms with E-state index in [2.05, 4.69) is 18.8 Å². The summed E-state index contributed by atoms with van der Waals surface area (Å²) in [7, 11) is 0. The Morgan fingerprint density at radius 3 is 2.40 bits per heavy atom. The van der Waals surface area contributed by atoms with Crippen LogP contribution in [0.2, 0.25) is 0 Å². The molecule has 88 valence electrons. The van der Waals surface area contributed by atoms with Gasteiger partial charge in [0, 0.05) is 6.42 Å². The minimum absolute atomic E-state index is 0.324. The van der Waals surface area contributed by atoms with Gasteiger partial charge >= 0.3 is 0 Å². The Labute approximate surface area is 94.1 Å². The molecule has 0 bridgehead atoms. The van der Waals surface area contributed by atoms with E-state index in [1.54, 1.807) is 0 Å². The summed E-state index contributed by atoms with van der Waals surface area (Å²) in [5.41, 5.74) is 0. The maximum Gasteiger partial charge on any atom is 0.183 e. The fourth-order valence-corrected chi connectivity index (χ4v) is 1.91. The zero-order chi connectivity index (χ0) is 10.9. The van der Waals surface area contributed by atoms with Crippen LogP contribution in [-0.4, -0.2) is 18.5 Å². The third-order valence-corrected chi connectivity index (χ3v) is 2.86. The lowest BCUT2D eigenvalue weighted by atomic mass is 10.1. The van der Waals surface area contributed by atoms with Crippen molar-refractivity contribution in [3.8, 4) is 0 Å². The average molecular weight is 211 g/mol. The molecule has 1 atom stereocenters. The van der Waals surface area contributed by atoms with E-state index in [9.17, 15) is 0 Å². The van der Waals surface area contributed by atoms with Crippen molar-refractivity contribution in [1.29, 1.82) is 0 Å². The summed E-state index contributed by atoms with van der Waals surface area (Å²) in [5.74, 6) is 0.996. The highest BCUT2D eigenvalue weighted by atomic mass is 16.5. The molecule has 0 aliphatic carbocycles. The lowest BCUT2D eigenvalue weighted by molar-refractivity contribution is 0.238. The monoisotopic (exact) mass is 211 g/mol. The number of ether oxygens (including phenoxy) is 1. The van der Waals surface area contributed by atoms with Gasteiger partial charge in [-0.3, -0.25) is 4.99 Å². The molecule has 1 unspecified atom stereocenters. The van der Waals surface area contributed by atoms with Gasteiger partial charge < -0.3 is 4.74 Å². The van der Waals surface area contributed by atoms with Crippen LogP contribution < -0.4 is 0 Å². The molecule has 0 aromatic rings. The molecule has 15 heavy (non-hydrogen) atoms. The Morgan fingerprint density at radius 1 is 1.13 bits per heavy atom. The van der Waals surface area contributed by atoms with E-state index >= 15 is 0 Å². The van der Waals surface area contributed by atoms with Gasteiger partial charge in [0.2, 0.25) is 0 Å². The van der Waals surface area contributed by atoms with Crippen molar-refractivity contribution in [2.45, 2.75) is 71.3 Å². The van der Waals surface area contributed by atoms with E-state index in [0.717, 1.165) is 18.9 Å². The van der Waals surface area contributed by atoms with Crippen molar-refractivity contribution < 1.29 is 4.74 Å². The third kappa shape index (κ3) is 5.81. The zero-order valence-corrected chi connectivity index (χ0v) is 10.3. The number of hydrogen-bond donors (Lipinski definition) is 0. The number of hydrogen-bond acceptors (Lipinski definition) is 2. The first-order valence-corrected chi connectivity index (χ1v) is 6.53. The number of aliphatic imine (C=N–C) groups is 1. The van der Waals surface area contributed by atoms with Crippen LogP contribution in [0.1, 0.15) is 65.2 Å². The summed E-state index contributed by atoms with van der Waals surface area (Å²) >= 11 is 0. The third-order valence-electron chi connectivity index (χ3n) is 2.86. The number of nitrogens with zero attached hydrogens (tertiary/aromatic N) is 1. The van der Waals surface area contributed by atoms with Gasteiger partial charge in [-0.05, 0) is 13.3 Å². The molecule has 2 heteroatoms. The fraction of sp³-hybridized carbons (Fsp3) is 0.923. The van der Waals surface area contributed by atoms with E-state index in [-0.39, 0.29) is 0 Å². The smallest absolute Gasteiger partial charge is 0.183 e. The molecule has 0 radical (unpaired) electrons. The molecular formula is C13H25NO. The van der Waals surface area contributed by atoms with Crippen LogP contribution in [0.25, 0.3) is 0 Å². The Kier molecular flexibility index (Phi) is 6.45. The van der Waals surface area contributed by atoms with Gasteiger partial charge in [0.1, 0.15) is 6.10 Å². The molecule has 0 saturated heterocycles. The first-order valence-electron chi connectivity index (χ1n) is 6.53. The molecule has 0 amide bonds. The molecule has 0 spiro atoms. The van der Waals surface area contributed by atoms with Crippen molar-refractivity contribution in [2.24, 2.45) is 4.99 Å². The van der Waals surface area contributed by atoms with Gasteiger partial charge in [-0.1, -0.05) is 45.4 Å². The van der Waals surface area contributed by atoms with Crippen LogP contribution in [0, 0.1) is 0 Å². The maximum absolute atomic E-state index is 5.56. The topological polar surface area (TPSA) is 21.6 Å². The lowest BCUT2D eigenvalue weighted by Crippen LogP contribution is -2.07. The molecule has 0 aromatic carbocycles. The summed E-state index contributed by atoms with van der Waals surface area (Å²) in [6.45, 7) is 5.21. The number of unbranched alkanes of at least 4 members (excludes halogenated alkanes) is 6. The van der Waals surface area contributed by atoms with Crippen LogP contribution >= 0.6 is 0 Å². The first kappa shape index (κ1) is 12.5. The first-order chi connectivity index (χ1) is 7.33. The Bertz CT molecular complexity index is 189. The molecule has 1 aliphatic heterocycles. The standard InChI is InChI=1S/C13H25NO/c1-3-4-5-6-7-8-9-10-13-14-11-12(2)15-13/h12H,3-11H2,1-2H3. The molecule has 0 fully saturated rings. The molecule has 1 heterocycles. The van der Waals surface area contributed by atoms with Gasteiger partial charge in [0.25, 0.3) is 0 Å². The van der Waals surface area contributed by atoms with E-state index in [1.165, 1.54) is 44.9 Å². The minimum Gasteiger partial charge on any atom is -0.476 e. The van der Waals surface area contributed by atoms with Crippen molar-refractivity contribution in [3.63, 3.8) is 0 Å². The SMILES string of the molecule is CCCCCCCCCC1=NCC(C)O1. The van der Waals surface area contributed by atoms with Gasteiger partial charge in [-0.15, -0.1) is 0 Å². The largest absolute Gasteiger partial charge is 0.476 e. The van der Waals surface area contributed by atoms with Crippen molar-refractivity contribution in [3.05, 3.63) is 0 Å². The maximum atomic E-state index is 5.56. The minimum atomic E-state index is 0.324. The highest BCUT2D eigenvalue weighted by Gasteiger charge is 2.13. The predicted octanol–water partition coefficient (Wildman–Crippen LogP) is 3.94. The predicted molar refractivity (Wildman–Crippen MR) is 65.5 cm³/mol. The van der Waals surface area contributed by atoms with Gasteiger partial charge in [0.05, 0.1) is 6.54 Å². The molecule has 0 aromatic heterocycles. The number of rotatable bonds is 8. The second-order valence-electron chi connectivity index (χ2n) is 4.53. The van der Waals surface area contributed by atoms with E-state index in [4.69, 9.17) is 4.74 Å². The lowest BCUT2D eigenvalue weighted by Gasteiger charge is -2.05. The highest BCUT2D eigenvalue weighted by molar-refractivity contribution is 5.77. The van der Waals surface area contributed by atoms with Crippen molar-refractivity contribution in [1.82, 2.24) is 0 Å². The second kappa shape index (κ2) is 7.72. The van der Waals surface area contributed by atoms with Crippen LogP contribution in [0.5, 0.6) is 0 Å². The van der Waals surface area contributed by atoms with Crippen LogP contribution in [0.15, 0.2) is 4.99 Å². The fourth-order valence-electron chi connectivity index (χ4n) is 1.91. The van der Waals surface area contributed by atoms with E-state index in [0.29, 0.717) is 6.10 Å². The van der Waals surface area contributed by atoms with Crippen LogP contribution in [-0.2, 0) is 4.74 Å². The van der Waals surface area contributed by atoms with E-state index in [1.807, 2.05) is 0 Å². The van der Waals surface area contributed by atoms with E-state index < -0.39 is 0 Å². The highest BCUT2D eigenvalue weighted by Crippen LogP contribution is 2.12. The van der Waals surface area contributed by atoms with Gasteiger partial charge in [-0.25, -0.2) is 0 Å². The average Bonchev–Trinajstić information content (AvgIpc) is 2.63. The molecule has 0 saturated carbocycles. The summed E-state index contributed by atoms with van der Waals surface area (Å²) in [5, 5.41) is 0. The summed E-state index contributed by atoms with van der Waals surface area (Å²) in [6, 6.07) is 0. The summed E-state index contributed by atoms with van der Waals surface area (Å²) < 4.78 is 5.56. The normalized spacial score (nSPS) is 20.1.